The van der Waals surface area contributed by atoms with Crippen LogP contribution >= 0.6 is 0 Å². The predicted molar refractivity (Wildman–Crippen MR) is 110 cm³/mol. The summed E-state index contributed by atoms with van der Waals surface area (Å²) >= 11 is 0. The van der Waals surface area contributed by atoms with Crippen LogP contribution in [0.1, 0.15) is 13.8 Å². The third kappa shape index (κ3) is 5.47. The first kappa shape index (κ1) is 24.2. The minimum Gasteiger partial charge on any atom is -0.547 e. The highest BCUT2D eigenvalue weighted by Gasteiger charge is 2.45. The Hall–Kier alpha value is -2.47. The summed E-state index contributed by atoms with van der Waals surface area (Å²) in [4.78, 5) is 11.2. The number of benzene rings is 2. The van der Waals surface area contributed by atoms with Crippen molar-refractivity contribution in [2.24, 2.45) is 0 Å². The van der Waals surface area contributed by atoms with Crippen molar-refractivity contribution in [3.8, 4) is 11.5 Å². The van der Waals surface area contributed by atoms with Crippen molar-refractivity contribution in [3.63, 3.8) is 0 Å². The van der Waals surface area contributed by atoms with Crippen molar-refractivity contribution in [1.29, 1.82) is 0 Å². The molecule has 0 unspecified atom stereocenters. The smallest absolute Gasteiger partial charge is 0.229 e. The number of fused-ring (bicyclic) bond motifs is 1. The summed E-state index contributed by atoms with van der Waals surface area (Å²) in [5.41, 5.74) is 0. The van der Waals surface area contributed by atoms with Gasteiger partial charge in [0.1, 0.15) is 55.2 Å². The first-order valence-electron chi connectivity index (χ1n) is 10.4. The number of carbonyl (C=O) groups is 1. The van der Waals surface area contributed by atoms with Gasteiger partial charge in [-0.3, -0.25) is 0 Å². The zero-order valence-corrected chi connectivity index (χ0v) is 17.8. The maximum atomic E-state index is 11.2. The molecule has 176 valence electrons. The zero-order valence-electron chi connectivity index (χ0n) is 17.8. The molecule has 6 atom stereocenters. The van der Waals surface area contributed by atoms with Crippen LogP contribution in [0.2, 0.25) is 0 Å². The molecule has 1 fully saturated rings. The fourth-order valence-corrected chi connectivity index (χ4v) is 3.42. The zero-order chi connectivity index (χ0) is 23.4. The molecule has 1 aliphatic rings. The van der Waals surface area contributed by atoms with Gasteiger partial charge in [0.25, 0.3) is 0 Å². The number of aliphatic hydroxyl groups excluding tert-OH is 4. The van der Waals surface area contributed by atoms with E-state index in [0.29, 0.717) is 29.1 Å². The first-order valence-corrected chi connectivity index (χ1v) is 10.4. The molecule has 0 spiro atoms. The number of carbonyl (C=O) groups excluding carboxylic acids is 1. The fraction of sp³-hybridized carbons (Fsp3) is 0.500. The molecule has 10 nitrogen and oxygen atoms in total. The molecule has 0 amide bonds. The molecule has 6 N–H and O–H groups in total. The van der Waals surface area contributed by atoms with E-state index >= 15 is 0 Å². The Labute approximate surface area is 185 Å². The molecule has 3 rings (SSSR count). The van der Waals surface area contributed by atoms with Crippen molar-refractivity contribution in [2.75, 3.05) is 13.2 Å². The Kier molecular flexibility index (Phi) is 7.88. The van der Waals surface area contributed by atoms with Crippen molar-refractivity contribution in [2.45, 2.75) is 56.7 Å². The van der Waals surface area contributed by atoms with Gasteiger partial charge in [0.05, 0.1) is 12.0 Å². The molecule has 0 aliphatic carbocycles. The van der Waals surface area contributed by atoms with Gasteiger partial charge in [-0.1, -0.05) is 24.3 Å². The average molecular weight is 451 g/mol. The van der Waals surface area contributed by atoms with E-state index in [2.05, 4.69) is 0 Å². The summed E-state index contributed by atoms with van der Waals surface area (Å²) in [6.07, 6.45) is -9.43. The molecule has 2 aromatic rings. The van der Waals surface area contributed by atoms with E-state index < -0.39 is 42.8 Å². The van der Waals surface area contributed by atoms with E-state index in [-0.39, 0.29) is 12.4 Å². The second kappa shape index (κ2) is 10.4. The lowest BCUT2D eigenvalue weighted by Crippen LogP contribution is -2.90. The van der Waals surface area contributed by atoms with E-state index in [0.717, 1.165) is 0 Å². The second-order valence-corrected chi connectivity index (χ2v) is 8.12. The maximum absolute atomic E-state index is 11.2. The lowest BCUT2D eigenvalue weighted by Gasteiger charge is -2.40. The molecule has 0 saturated carbocycles. The molecular weight excluding hydrogens is 422 g/mol. The van der Waals surface area contributed by atoms with Crippen LogP contribution in [-0.4, -0.2) is 82.4 Å². The Morgan fingerprint density at radius 1 is 1.06 bits per heavy atom. The fourth-order valence-electron chi connectivity index (χ4n) is 3.42. The highest BCUT2D eigenvalue weighted by atomic mass is 16.7. The van der Waals surface area contributed by atoms with Crippen molar-refractivity contribution in [1.82, 2.24) is 0 Å². The average Bonchev–Trinajstić information content (AvgIpc) is 2.77. The Bertz CT molecular complexity index is 921. The van der Waals surface area contributed by atoms with E-state index in [1.807, 2.05) is 19.2 Å². The summed E-state index contributed by atoms with van der Waals surface area (Å²) in [6.45, 7) is 4.65. The minimum atomic E-state index is -1.86. The van der Waals surface area contributed by atoms with Gasteiger partial charge in [0.15, 0.2) is 0 Å². The molecule has 0 radical (unpaired) electrons. The van der Waals surface area contributed by atoms with Crippen LogP contribution in [0.25, 0.3) is 10.8 Å². The number of carboxylic acids is 1. The van der Waals surface area contributed by atoms with Crippen LogP contribution in [0.5, 0.6) is 11.5 Å². The van der Waals surface area contributed by atoms with Crippen LogP contribution in [0.15, 0.2) is 36.4 Å². The molecule has 1 aliphatic heterocycles. The van der Waals surface area contributed by atoms with Gasteiger partial charge < -0.3 is 49.9 Å². The van der Waals surface area contributed by atoms with Gasteiger partial charge in [-0.25, -0.2) is 0 Å². The van der Waals surface area contributed by atoms with Crippen molar-refractivity contribution >= 4 is 16.7 Å². The van der Waals surface area contributed by atoms with Gasteiger partial charge >= 0.3 is 0 Å². The van der Waals surface area contributed by atoms with E-state index in [4.69, 9.17) is 14.2 Å². The molecule has 1 saturated heterocycles. The largest absolute Gasteiger partial charge is 0.547 e. The lowest BCUT2D eigenvalue weighted by atomic mass is 9.99. The summed E-state index contributed by atoms with van der Waals surface area (Å²) in [5, 5.41) is 54.5. The number of aliphatic carboxylic acids is 1. The molecule has 1 heterocycles. The van der Waals surface area contributed by atoms with Crippen LogP contribution in [0, 0.1) is 0 Å². The van der Waals surface area contributed by atoms with Crippen LogP contribution < -0.4 is 19.9 Å². The third-order valence-electron chi connectivity index (χ3n) is 5.20. The van der Waals surface area contributed by atoms with Crippen molar-refractivity contribution in [3.05, 3.63) is 36.4 Å². The highest BCUT2D eigenvalue weighted by Crippen LogP contribution is 2.35. The van der Waals surface area contributed by atoms with Gasteiger partial charge in [0.2, 0.25) is 6.29 Å². The predicted octanol–water partition coefficient (Wildman–Crippen LogP) is -2.51. The number of ether oxygens (including phenoxy) is 3. The number of rotatable bonds is 9. The number of nitrogens with two attached hydrogens (primary N) is 1. The summed E-state index contributed by atoms with van der Waals surface area (Å²) in [5.74, 6) is -0.991. The van der Waals surface area contributed by atoms with Gasteiger partial charge in [-0.05, 0) is 26.0 Å². The lowest BCUT2D eigenvalue weighted by molar-refractivity contribution is -0.688. The first-order chi connectivity index (χ1) is 15.2. The molecule has 10 heteroatoms. The van der Waals surface area contributed by atoms with Gasteiger partial charge in [-0.15, -0.1) is 0 Å². The Morgan fingerprint density at radius 2 is 1.69 bits per heavy atom. The number of hydrogen-bond acceptors (Lipinski definition) is 9. The summed E-state index contributed by atoms with van der Waals surface area (Å²) in [7, 11) is 0. The van der Waals surface area contributed by atoms with Crippen LogP contribution in [0.4, 0.5) is 0 Å². The molecular formula is C22H29NO9. The number of hydrogen-bond donors (Lipinski definition) is 5. The van der Waals surface area contributed by atoms with Crippen LogP contribution in [0.3, 0.4) is 0 Å². The standard InChI is InChI=1S/C22H29NO9/c1-11(2)23-9-12(24)10-30-15-7-8-16(14-6-4-3-5-13(14)15)31-22-19(27)17(25)18(26)20(32-22)21(28)29/h3-8,11-12,17-20,22-27H,9-10H2,1-2H3,(H,28,29)/t12-,17+,18+,19-,20+,22-/m1/s1. The van der Waals surface area contributed by atoms with Crippen molar-refractivity contribution < 1.29 is 49.9 Å². The molecule has 32 heavy (non-hydrogen) atoms. The van der Waals surface area contributed by atoms with Gasteiger partial charge in [0, 0.05) is 10.8 Å². The summed E-state index contributed by atoms with van der Waals surface area (Å²) < 4.78 is 16.6. The number of carboxylic acid groups (broad SMARTS) is 1. The molecule has 0 aromatic heterocycles. The van der Waals surface area contributed by atoms with E-state index in [1.165, 1.54) is 0 Å². The van der Waals surface area contributed by atoms with E-state index in [9.17, 15) is 30.3 Å². The van der Waals surface area contributed by atoms with E-state index in [1.54, 1.807) is 36.4 Å². The number of aliphatic hydroxyl groups is 4. The SMILES string of the molecule is CC(C)[NH2+]C[C@@H](O)COc1ccc(O[C@@H]2O[C@H](C(=O)[O-])[C@@H](O)[C@H](O)[C@H]2O)c2ccccc12. The topological polar surface area (TPSA) is 165 Å². The Balaban J connectivity index is 1.78. The van der Waals surface area contributed by atoms with Gasteiger partial charge in [-0.2, -0.15) is 0 Å². The summed E-state index contributed by atoms with van der Waals surface area (Å²) in [6, 6.07) is 10.6. The third-order valence-corrected chi connectivity index (χ3v) is 5.20. The number of quaternary nitrogens is 1. The minimum absolute atomic E-state index is 0.0925. The Morgan fingerprint density at radius 3 is 2.31 bits per heavy atom. The normalized spacial score (nSPS) is 26.8. The highest BCUT2D eigenvalue weighted by molar-refractivity contribution is 5.93. The van der Waals surface area contributed by atoms with Crippen LogP contribution in [-0.2, 0) is 9.53 Å². The maximum Gasteiger partial charge on any atom is 0.229 e. The monoisotopic (exact) mass is 451 g/mol. The second-order valence-electron chi connectivity index (χ2n) is 8.12. The molecule has 0 bridgehead atoms. The molecule has 2 aromatic carbocycles. The quantitative estimate of drug-likeness (QED) is 0.277.